The highest BCUT2D eigenvalue weighted by Gasteiger charge is 2.51. The fourth-order valence-electron chi connectivity index (χ4n) is 9.18. The SMILES string of the molecule is CC[C@@H](C(=O)NC1CCCC1)N(Cc1ccc(Cl)cc1Cl)C(=O)CN(c1ccc(C23CC4CC(CC(C4)C2)C3)cc1)S(C)(=O)=O. The van der Waals surface area contributed by atoms with Crippen LogP contribution < -0.4 is 9.62 Å². The number of halogens is 2. The number of rotatable bonds is 11. The van der Waals surface area contributed by atoms with Crippen LogP contribution in [0.5, 0.6) is 0 Å². The van der Waals surface area contributed by atoms with Crippen LogP contribution in [0, 0.1) is 17.8 Å². The molecule has 0 heterocycles. The molecule has 10 heteroatoms. The minimum Gasteiger partial charge on any atom is -0.352 e. The maximum absolute atomic E-state index is 14.2. The molecule has 244 valence electrons. The summed E-state index contributed by atoms with van der Waals surface area (Å²) in [6.07, 6.45) is 13.2. The number of sulfonamides is 1. The maximum atomic E-state index is 14.2. The molecule has 5 saturated carbocycles. The Hall–Kier alpha value is -2.29. The molecule has 2 aromatic rings. The molecule has 5 aliphatic rings. The highest BCUT2D eigenvalue weighted by atomic mass is 35.5. The minimum atomic E-state index is -3.82. The van der Waals surface area contributed by atoms with Gasteiger partial charge in [-0.3, -0.25) is 13.9 Å². The van der Waals surface area contributed by atoms with Crippen molar-refractivity contribution in [3.63, 3.8) is 0 Å². The van der Waals surface area contributed by atoms with Crippen molar-refractivity contribution in [3.8, 4) is 0 Å². The van der Waals surface area contributed by atoms with Crippen LogP contribution >= 0.6 is 23.2 Å². The number of anilines is 1. The van der Waals surface area contributed by atoms with Gasteiger partial charge in [0.05, 0.1) is 11.9 Å². The second kappa shape index (κ2) is 13.1. The number of amides is 2. The Balaban J connectivity index is 1.26. The third kappa shape index (κ3) is 7.03. The van der Waals surface area contributed by atoms with E-state index in [2.05, 4.69) is 17.4 Å². The van der Waals surface area contributed by atoms with Gasteiger partial charge in [0.2, 0.25) is 21.8 Å². The summed E-state index contributed by atoms with van der Waals surface area (Å²) in [5.74, 6) is 1.72. The standard InChI is InChI=1S/C35H45Cl2N3O4S/c1-3-32(34(42)38-29-6-4-5-7-29)39(21-26-8-11-28(36)17-31(26)37)33(41)22-40(45(2,43)44)30-12-9-27(10-13-30)35-18-23-14-24(19-35)16-25(15-23)20-35/h8-13,17,23-25,29,32H,3-7,14-16,18-22H2,1-2H3,(H,38,42)/t23?,24?,25?,32-,35?/m0/s1. The van der Waals surface area contributed by atoms with E-state index in [-0.39, 0.29) is 23.9 Å². The predicted molar refractivity (Wildman–Crippen MR) is 180 cm³/mol. The molecule has 1 atom stereocenters. The van der Waals surface area contributed by atoms with Crippen molar-refractivity contribution in [1.82, 2.24) is 10.2 Å². The molecular formula is C35H45Cl2N3O4S. The fraction of sp³-hybridized carbons (Fsp3) is 0.600. The first-order chi connectivity index (χ1) is 21.4. The molecule has 45 heavy (non-hydrogen) atoms. The zero-order valence-corrected chi connectivity index (χ0v) is 28.6. The normalized spacial score (nSPS) is 26.5. The summed E-state index contributed by atoms with van der Waals surface area (Å²) >= 11 is 12.6. The lowest BCUT2D eigenvalue weighted by molar-refractivity contribution is -0.140. The van der Waals surface area contributed by atoms with Crippen LogP contribution in [0.25, 0.3) is 0 Å². The number of benzene rings is 2. The van der Waals surface area contributed by atoms with E-state index in [1.807, 2.05) is 19.1 Å². The first kappa shape index (κ1) is 32.6. The van der Waals surface area contributed by atoms with Crippen LogP contribution in [-0.4, -0.2) is 50.0 Å². The largest absolute Gasteiger partial charge is 0.352 e. The van der Waals surface area contributed by atoms with Gasteiger partial charge in [0, 0.05) is 22.6 Å². The molecule has 0 radical (unpaired) electrons. The van der Waals surface area contributed by atoms with Gasteiger partial charge in [0.1, 0.15) is 12.6 Å². The number of nitrogens with one attached hydrogen (secondary N) is 1. The molecule has 0 unspecified atom stereocenters. The van der Waals surface area contributed by atoms with E-state index >= 15 is 0 Å². The van der Waals surface area contributed by atoms with Crippen molar-refractivity contribution in [2.24, 2.45) is 17.8 Å². The molecule has 2 aromatic carbocycles. The molecule has 0 saturated heterocycles. The molecular weight excluding hydrogens is 629 g/mol. The van der Waals surface area contributed by atoms with E-state index in [9.17, 15) is 18.0 Å². The molecule has 2 amide bonds. The van der Waals surface area contributed by atoms with Crippen molar-refractivity contribution in [1.29, 1.82) is 0 Å². The van der Waals surface area contributed by atoms with Gasteiger partial charge >= 0.3 is 0 Å². The van der Waals surface area contributed by atoms with Crippen molar-refractivity contribution in [2.45, 2.75) is 102 Å². The number of carbonyl (C=O) groups is 2. The van der Waals surface area contributed by atoms with Gasteiger partial charge in [-0.05, 0) is 116 Å². The van der Waals surface area contributed by atoms with Gasteiger partial charge in [0.15, 0.2) is 0 Å². The summed E-state index contributed by atoms with van der Waals surface area (Å²) in [4.78, 5) is 29.2. The molecule has 0 aliphatic heterocycles. The average Bonchev–Trinajstić information content (AvgIpc) is 3.48. The molecule has 7 nitrogen and oxygen atoms in total. The van der Waals surface area contributed by atoms with E-state index < -0.39 is 28.5 Å². The summed E-state index contributed by atoms with van der Waals surface area (Å²) in [7, 11) is -3.82. The highest BCUT2D eigenvalue weighted by Crippen LogP contribution is 2.60. The average molecular weight is 675 g/mol. The van der Waals surface area contributed by atoms with Crippen LogP contribution in [0.4, 0.5) is 5.69 Å². The number of hydrogen-bond acceptors (Lipinski definition) is 4. The Kier molecular flexibility index (Phi) is 9.48. The Morgan fingerprint density at radius 2 is 1.56 bits per heavy atom. The van der Waals surface area contributed by atoms with Crippen molar-refractivity contribution < 1.29 is 18.0 Å². The Morgan fingerprint density at radius 1 is 0.956 bits per heavy atom. The highest BCUT2D eigenvalue weighted by molar-refractivity contribution is 7.92. The van der Waals surface area contributed by atoms with Gasteiger partial charge in [-0.25, -0.2) is 8.42 Å². The third-order valence-electron chi connectivity index (χ3n) is 10.9. The fourth-order valence-corrected chi connectivity index (χ4v) is 10.5. The van der Waals surface area contributed by atoms with Gasteiger partial charge in [0.25, 0.3) is 0 Å². The van der Waals surface area contributed by atoms with Crippen molar-refractivity contribution in [2.75, 3.05) is 17.1 Å². The molecule has 4 bridgehead atoms. The van der Waals surface area contributed by atoms with E-state index in [0.717, 1.165) is 54.0 Å². The lowest BCUT2D eigenvalue weighted by atomic mass is 9.48. The Morgan fingerprint density at radius 3 is 2.09 bits per heavy atom. The first-order valence-electron chi connectivity index (χ1n) is 16.6. The number of nitrogens with zero attached hydrogens (tertiary/aromatic N) is 2. The van der Waals surface area contributed by atoms with Crippen molar-refractivity contribution in [3.05, 3.63) is 63.6 Å². The molecule has 1 N–H and O–H groups in total. The van der Waals surface area contributed by atoms with E-state index in [4.69, 9.17) is 23.2 Å². The van der Waals surface area contributed by atoms with Crippen LogP contribution in [0.3, 0.4) is 0 Å². The lowest BCUT2D eigenvalue weighted by Gasteiger charge is -2.57. The monoisotopic (exact) mass is 673 g/mol. The van der Waals surface area contributed by atoms with E-state index in [1.54, 1.807) is 18.2 Å². The third-order valence-corrected chi connectivity index (χ3v) is 12.7. The van der Waals surface area contributed by atoms with E-state index in [0.29, 0.717) is 27.7 Å². The molecule has 0 spiro atoms. The Bertz CT molecular complexity index is 1490. The zero-order valence-electron chi connectivity index (χ0n) is 26.3. The Labute approximate surface area is 278 Å². The van der Waals surface area contributed by atoms with E-state index in [1.165, 1.54) is 49.0 Å². The predicted octanol–water partition coefficient (Wildman–Crippen LogP) is 7.09. The summed E-state index contributed by atoms with van der Waals surface area (Å²) in [5.41, 5.74) is 2.56. The van der Waals surface area contributed by atoms with Gasteiger partial charge in [-0.1, -0.05) is 61.2 Å². The summed E-state index contributed by atoms with van der Waals surface area (Å²) in [6, 6.07) is 12.2. The zero-order chi connectivity index (χ0) is 31.9. The van der Waals surface area contributed by atoms with Crippen LogP contribution in [0.1, 0.15) is 88.7 Å². The van der Waals surface area contributed by atoms with Crippen LogP contribution in [0.15, 0.2) is 42.5 Å². The van der Waals surface area contributed by atoms with Gasteiger partial charge in [-0.2, -0.15) is 0 Å². The second-order valence-electron chi connectivity index (χ2n) is 14.2. The smallest absolute Gasteiger partial charge is 0.244 e. The first-order valence-corrected chi connectivity index (χ1v) is 19.2. The van der Waals surface area contributed by atoms with Crippen LogP contribution in [0.2, 0.25) is 10.0 Å². The number of hydrogen-bond donors (Lipinski definition) is 1. The van der Waals surface area contributed by atoms with Crippen molar-refractivity contribution >= 4 is 50.7 Å². The molecule has 0 aromatic heterocycles. The second-order valence-corrected chi connectivity index (χ2v) is 16.9. The van der Waals surface area contributed by atoms with Gasteiger partial charge < -0.3 is 10.2 Å². The molecule has 7 rings (SSSR count). The summed E-state index contributed by atoms with van der Waals surface area (Å²) in [5, 5.41) is 3.98. The van der Waals surface area contributed by atoms with Crippen LogP contribution in [-0.2, 0) is 31.6 Å². The summed E-state index contributed by atoms with van der Waals surface area (Å²) in [6.45, 7) is 1.49. The number of carbonyl (C=O) groups excluding carboxylic acids is 2. The summed E-state index contributed by atoms with van der Waals surface area (Å²) < 4.78 is 27.5. The molecule has 5 aliphatic carbocycles. The quantitative estimate of drug-likeness (QED) is 0.276. The lowest BCUT2D eigenvalue weighted by Crippen LogP contribution is -2.53. The topological polar surface area (TPSA) is 86.8 Å². The minimum absolute atomic E-state index is 0.0496. The maximum Gasteiger partial charge on any atom is 0.244 e. The molecule has 5 fully saturated rings. The van der Waals surface area contributed by atoms with Gasteiger partial charge in [-0.15, -0.1) is 0 Å².